The Morgan fingerprint density at radius 1 is 1.11 bits per heavy atom. The van der Waals surface area contributed by atoms with Crippen molar-refractivity contribution in [2.45, 2.75) is 12.1 Å². The fourth-order valence-electron chi connectivity index (χ4n) is 4.45. The molecule has 10 nitrogen and oxygen atoms in total. The van der Waals surface area contributed by atoms with E-state index >= 15 is 0 Å². The van der Waals surface area contributed by atoms with Gasteiger partial charge in [0, 0.05) is 29.4 Å². The Hall–Kier alpha value is -4.73. The first-order valence-corrected chi connectivity index (χ1v) is 10.8. The molecule has 4 N–H and O–H groups in total. The highest BCUT2D eigenvalue weighted by atomic mass is 16.5. The van der Waals surface area contributed by atoms with E-state index in [1.54, 1.807) is 42.5 Å². The van der Waals surface area contributed by atoms with Gasteiger partial charge < -0.3 is 20.7 Å². The van der Waals surface area contributed by atoms with Crippen LogP contribution in [-0.4, -0.2) is 47.3 Å². The Kier molecular flexibility index (Phi) is 5.20. The van der Waals surface area contributed by atoms with Crippen LogP contribution in [0.3, 0.4) is 0 Å². The third-order valence-corrected chi connectivity index (χ3v) is 6.28. The highest BCUT2D eigenvalue weighted by molar-refractivity contribution is 6.08. The molecule has 5 amide bonds. The Morgan fingerprint density at radius 3 is 2.54 bits per heavy atom. The molecular formula is C25H21N5O5. The zero-order valence-corrected chi connectivity index (χ0v) is 18.7. The zero-order chi connectivity index (χ0) is 24.7. The molecule has 5 rings (SSSR count). The number of imide groups is 1. The lowest BCUT2D eigenvalue weighted by atomic mass is 9.88. The first kappa shape index (κ1) is 22.1. The van der Waals surface area contributed by atoms with Crippen LogP contribution < -0.4 is 21.1 Å². The number of rotatable bonds is 6. The summed E-state index contributed by atoms with van der Waals surface area (Å²) in [4.78, 5) is 55.6. The second-order valence-corrected chi connectivity index (χ2v) is 8.37. The molecule has 0 bridgehead atoms. The van der Waals surface area contributed by atoms with E-state index in [2.05, 4.69) is 15.6 Å². The lowest BCUT2D eigenvalue weighted by Crippen LogP contribution is -2.52. The van der Waals surface area contributed by atoms with Crippen LogP contribution in [0.4, 0.5) is 4.79 Å². The second kappa shape index (κ2) is 8.24. The molecule has 1 atom stereocenters. The molecular weight excluding hydrogens is 450 g/mol. The molecule has 1 unspecified atom stereocenters. The first-order valence-electron chi connectivity index (χ1n) is 10.8. The Morgan fingerprint density at radius 2 is 1.89 bits per heavy atom. The quantitative estimate of drug-likeness (QED) is 0.466. The van der Waals surface area contributed by atoms with E-state index in [1.807, 2.05) is 6.07 Å². The van der Waals surface area contributed by atoms with Crippen molar-refractivity contribution in [1.82, 2.24) is 20.5 Å². The summed E-state index contributed by atoms with van der Waals surface area (Å²) < 4.78 is 5.22. The van der Waals surface area contributed by atoms with E-state index in [0.717, 1.165) is 5.56 Å². The van der Waals surface area contributed by atoms with Crippen LogP contribution in [-0.2, 0) is 16.9 Å². The van der Waals surface area contributed by atoms with Crippen LogP contribution in [0, 0.1) is 0 Å². The molecule has 1 saturated heterocycles. The largest absolute Gasteiger partial charge is 0.497 e. The number of carbonyl (C=O) groups excluding carboxylic acids is 4. The van der Waals surface area contributed by atoms with Gasteiger partial charge in [0.2, 0.25) is 5.91 Å². The minimum Gasteiger partial charge on any atom is -0.497 e. The number of pyridine rings is 1. The lowest BCUT2D eigenvalue weighted by molar-refractivity contribution is -0.124. The lowest BCUT2D eigenvalue weighted by Gasteiger charge is -2.31. The number of hydrogen-bond donors (Lipinski definition) is 3. The molecule has 3 heterocycles. The number of fused-ring (bicyclic) bond motifs is 1. The first-order chi connectivity index (χ1) is 16.8. The van der Waals surface area contributed by atoms with Crippen LogP contribution >= 0.6 is 0 Å². The van der Waals surface area contributed by atoms with Gasteiger partial charge in [-0.3, -0.25) is 24.7 Å². The maximum absolute atomic E-state index is 13.1. The number of aromatic nitrogens is 1. The van der Waals surface area contributed by atoms with Gasteiger partial charge in [0.15, 0.2) is 5.54 Å². The Balaban J connectivity index is 1.47. The van der Waals surface area contributed by atoms with Gasteiger partial charge in [-0.15, -0.1) is 0 Å². The number of nitrogens with two attached hydrogens (primary N) is 1. The van der Waals surface area contributed by atoms with Gasteiger partial charge in [0.25, 0.3) is 11.8 Å². The third kappa shape index (κ3) is 3.74. The summed E-state index contributed by atoms with van der Waals surface area (Å²) in [5, 5.41) is 5.01. The molecule has 0 aliphatic carbocycles. The van der Waals surface area contributed by atoms with Gasteiger partial charge >= 0.3 is 6.03 Å². The van der Waals surface area contributed by atoms with Gasteiger partial charge in [-0.25, -0.2) is 4.79 Å². The SMILES string of the molecule is COc1ccc2c(c1)C(=O)N(CC1(c3ccc(-c4cc(C(N)=O)ccn4)cc3)NC(=O)NC1=O)C2. The standard InChI is InChI=1S/C25H21N5O5/c1-35-18-7-4-16-12-30(22(32)19(16)11-18)13-25(23(33)28-24(34)29-25)17-5-2-14(3-6-17)20-10-15(21(26)31)8-9-27-20/h2-11H,12-13H2,1H3,(H2,26,31)(H2,28,29,33,34). The van der Waals surface area contributed by atoms with Crippen molar-refractivity contribution in [3.8, 4) is 17.0 Å². The molecule has 0 radical (unpaired) electrons. The predicted octanol–water partition coefficient (Wildman–Crippen LogP) is 1.55. The molecule has 35 heavy (non-hydrogen) atoms. The van der Waals surface area contributed by atoms with Gasteiger partial charge in [0.05, 0.1) is 19.3 Å². The number of nitrogens with one attached hydrogen (secondary N) is 2. The summed E-state index contributed by atoms with van der Waals surface area (Å²) in [6.45, 7) is 0.236. The molecule has 176 valence electrons. The topological polar surface area (TPSA) is 144 Å². The van der Waals surface area contributed by atoms with Crippen molar-refractivity contribution < 1.29 is 23.9 Å². The number of hydrogen-bond acceptors (Lipinski definition) is 6. The number of benzene rings is 2. The van der Waals surface area contributed by atoms with Crippen LogP contribution in [0.5, 0.6) is 5.75 Å². The summed E-state index contributed by atoms with van der Waals surface area (Å²) >= 11 is 0. The number of carbonyl (C=O) groups is 4. The highest BCUT2D eigenvalue weighted by Crippen LogP contribution is 2.33. The van der Waals surface area contributed by atoms with Gasteiger partial charge in [-0.05, 0) is 35.4 Å². The number of nitrogens with zero attached hydrogens (tertiary/aromatic N) is 2. The summed E-state index contributed by atoms with van der Waals surface area (Å²) in [7, 11) is 1.52. The molecule has 0 spiro atoms. The maximum Gasteiger partial charge on any atom is 0.322 e. The van der Waals surface area contributed by atoms with Crippen molar-refractivity contribution in [1.29, 1.82) is 0 Å². The van der Waals surface area contributed by atoms with Crippen LogP contribution in [0.2, 0.25) is 0 Å². The number of urea groups is 1. The van der Waals surface area contributed by atoms with Crippen molar-refractivity contribution in [3.63, 3.8) is 0 Å². The van der Waals surface area contributed by atoms with E-state index in [9.17, 15) is 19.2 Å². The molecule has 2 aliphatic heterocycles. The number of primary amides is 1. The fourth-order valence-corrected chi connectivity index (χ4v) is 4.45. The average molecular weight is 471 g/mol. The van der Waals surface area contributed by atoms with Crippen LogP contribution in [0.25, 0.3) is 11.3 Å². The summed E-state index contributed by atoms with van der Waals surface area (Å²) in [5.41, 5.74) is 7.23. The summed E-state index contributed by atoms with van der Waals surface area (Å²) in [5.74, 6) is -0.810. The normalized spacial score (nSPS) is 18.8. The Labute approximate surface area is 200 Å². The molecule has 3 aromatic rings. The van der Waals surface area contributed by atoms with E-state index in [4.69, 9.17) is 10.5 Å². The van der Waals surface area contributed by atoms with E-state index in [0.29, 0.717) is 40.2 Å². The van der Waals surface area contributed by atoms with Crippen molar-refractivity contribution in [3.05, 3.63) is 83.0 Å². The molecule has 0 saturated carbocycles. The molecule has 1 aromatic heterocycles. The Bertz CT molecular complexity index is 1390. The zero-order valence-electron chi connectivity index (χ0n) is 18.7. The van der Waals surface area contributed by atoms with Crippen LogP contribution in [0.1, 0.15) is 31.8 Å². The molecule has 2 aliphatic rings. The minimum atomic E-state index is -1.47. The molecule has 2 aromatic carbocycles. The predicted molar refractivity (Wildman–Crippen MR) is 124 cm³/mol. The molecule has 10 heteroatoms. The number of amides is 5. The van der Waals surface area contributed by atoms with Crippen molar-refractivity contribution >= 4 is 23.8 Å². The number of methoxy groups -OCH3 is 1. The monoisotopic (exact) mass is 471 g/mol. The van der Waals surface area contributed by atoms with Crippen LogP contribution in [0.15, 0.2) is 60.8 Å². The van der Waals surface area contributed by atoms with Gasteiger partial charge in [-0.1, -0.05) is 30.3 Å². The van der Waals surface area contributed by atoms with Crippen molar-refractivity contribution in [2.24, 2.45) is 5.73 Å². The number of ether oxygens (including phenoxy) is 1. The van der Waals surface area contributed by atoms with E-state index in [1.165, 1.54) is 24.3 Å². The maximum atomic E-state index is 13.1. The fraction of sp³-hybridized carbons (Fsp3) is 0.160. The summed E-state index contributed by atoms with van der Waals surface area (Å²) in [6, 6.07) is 14.6. The van der Waals surface area contributed by atoms with E-state index in [-0.39, 0.29) is 12.5 Å². The summed E-state index contributed by atoms with van der Waals surface area (Å²) in [6.07, 6.45) is 1.49. The van der Waals surface area contributed by atoms with Crippen molar-refractivity contribution in [2.75, 3.05) is 13.7 Å². The van der Waals surface area contributed by atoms with Gasteiger partial charge in [0.1, 0.15) is 5.75 Å². The van der Waals surface area contributed by atoms with Gasteiger partial charge in [-0.2, -0.15) is 0 Å². The average Bonchev–Trinajstić information content (AvgIpc) is 3.33. The minimum absolute atomic E-state index is 0.0604. The third-order valence-electron chi connectivity index (χ3n) is 6.28. The highest BCUT2D eigenvalue weighted by Gasteiger charge is 2.50. The second-order valence-electron chi connectivity index (χ2n) is 8.37. The smallest absolute Gasteiger partial charge is 0.322 e. The van der Waals surface area contributed by atoms with E-state index < -0.39 is 23.4 Å². The molecule has 1 fully saturated rings.